The lowest BCUT2D eigenvalue weighted by molar-refractivity contribution is -0.140. The number of likely N-dealkylation sites (tertiary alicyclic amines) is 1. The third kappa shape index (κ3) is 1.05. The lowest BCUT2D eigenvalue weighted by atomic mass is 10.4. The summed E-state index contributed by atoms with van der Waals surface area (Å²) >= 11 is 0. The molecule has 2 amide bonds. The van der Waals surface area contributed by atoms with E-state index in [1.807, 2.05) is 0 Å². The standard InChI is InChI=1S/C6H7NO3/c8-4-3-7-5(9)1-2-6(7)10/h4H,1-3H2. The third-order valence-corrected chi connectivity index (χ3v) is 1.41. The molecular formula is C6H7NO3. The van der Waals surface area contributed by atoms with Crippen LogP contribution in [-0.4, -0.2) is 29.5 Å². The van der Waals surface area contributed by atoms with Gasteiger partial charge in [0.05, 0.1) is 6.54 Å². The van der Waals surface area contributed by atoms with Gasteiger partial charge in [-0.2, -0.15) is 0 Å². The van der Waals surface area contributed by atoms with Crippen LogP contribution in [0.1, 0.15) is 12.8 Å². The van der Waals surface area contributed by atoms with E-state index in [-0.39, 0.29) is 31.2 Å². The highest BCUT2D eigenvalue weighted by molar-refractivity contribution is 6.03. The highest BCUT2D eigenvalue weighted by atomic mass is 16.2. The topological polar surface area (TPSA) is 54.5 Å². The van der Waals surface area contributed by atoms with Crippen LogP contribution in [0.4, 0.5) is 0 Å². The Morgan fingerprint density at radius 2 is 1.80 bits per heavy atom. The first-order valence-electron chi connectivity index (χ1n) is 3.02. The van der Waals surface area contributed by atoms with Crippen molar-refractivity contribution >= 4 is 18.1 Å². The van der Waals surface area contributed by atoms with Crippen LogP contribution in [0.15, 0.2) is 0 Å². The monoisotopic (exact) mass is 141 g/mol. The Hall–Kier alpha value is -1.19. The number of nitrogens with zero attached hydrogens (tertiary/aromatic N) is 1. The Labute approximate surface area is 57.8 Å². The molecule has 0 spiro atoms. The van der Waals surface area contributed by atoms with Gasteiger partial charge in [-0.1, -0.05) is 0 Å². The molecule has 0 unspecified atom stereocenters. The lowest BCUT2D eigenvalue weighted by Crippen LogP contribution is -2.30. The van der Waals surface area contributed by atoms with E-state index in [0.29, 0.717) is 6.29 Å². The second-order valence-corrected chi connectivity index (χ2v) is 2.06. The van der Waals surface area contributed by atoms with Gasteiger partial charge in [-0.05, 0) is 0 Å². The fraction of sp³-hybridized carbons (Fsp3) is 0.500. The van der Waals surface area contributed by atoms with E-state index in [9.17, 15) is 14.4 Å². The van der Waals surface area contributed by atoms with Crippen molar-refractivity contribution in [3.8, 4) is 0 Å². The van der Waals surface area contributed by atoms with Gasteiger partial charge in [0, 0.05) is 12.8 Å². The molecule has 0 saturated carbocycles. The van der Waals surface area contributed by atoms with Crippen LogP contribution >= 0.6 is 0 Å². The summed E-state index contributed by atoms with van der Waals surface area (Å²) in [6.07, 6.45) is 1.07. The van der Waals surface area contributed by atoms with E-state index >= 15 is 0 Å². The average molecular weight is 141 g/mol. The SMILES string of the molecule is O=CCN1C(=O)CCC1=O. The summed E-state index contributed by atoms with van der Waals surface area (Å²) in [6, 6.07) is 0. The summed E-state index contributed by atoms with van der Waals surface area (Å²) in [7, 11) is 0. The molecule has 1 aliphatic rings. The Bertz CT molecular complexity index is 171. The summed E-state index contributed by atoms with van der Waals surface area (Å²) in [5, 5.41) is 0. The zero-order valence-electron chi connectivity index (χ0n) is 5.37. The molecule has 0 atom stereocenters. The van der Waals surface area contributed by atoms with E-state index in [2.05, 4.69) is 0 Å². The molecule has 0 bridgehead atoms. The predicted molar refractivity (Wildman–Crippen MR) is 32.0 cm³/mol. The normalized spacial score (nSPS) is 18.2. The van der Waals surface area contributed by atoms with Crippen molar-refractivity contribution in [2.45, 2.75) is 12.8 Å². The number of carbonyl (C=O) groups excluding carboxylic acids is 3. The first-order valence-corrected chi connectivity index (χ1v) is 3.02. The maximum atomic E-state index is 10.7. The van der Waals surface area contributed by atoms with Crippen molar-refractivity contribution in [3.05, 3.63) is 0 Å². The van der Waals surface area contributed by atoms with E-state index in [1.54, 1.807) is 0 Å². The van der Waals surface area contributed by atoms with Gasteiger partial charge >= 0.3 is 0 Å². The molecule has 4 nitrogen and oxygen atoms in total. The zero-order chi connectivity index (χ0) is 7.56. The number of imide groups is 1. The van der Waals surface area contributed by atoms with Crippen LogP contribution in [0.5, 0.6) is 0 Å². The van der Waals surface area contributed by atoms with Gasteiger partial charge in [-0.25, -0.2) is 0 Å². The number of aldehydes is 1. The van der Waals surface area contributed by atoms with Gasteiger partial charge in [0.1, 0.15) is 6.29 Å². The molecule has 0 N–H and O–H groups in total. The number of hydrogen-bond donors (Lipinski definition) is 0. The summed E-state index contributed by atoms with van der Waals surface area (Å²) < 4.78 is 0. The average Bonchev–Trinajstić information content (AvgIpc) is 2.20. The van der Waals surface area contributed by atoms with Gasteiger partial charge < -0.3 is 4.79 Å². The minimum Gasteiger partial charge on any atom is -0.301 e. The van der Waals surface area contributed by atoms with Crippen LogP contribution in [0, 0.1) is 0 Å². The molecule has 4 heteroatoms. The van der Waals surface area contributed by atoms with Gasteiger partial charge in [0.15, 0.2) is 0 Å². The molecule has 1 heterocycles. The summed E-state index contributed by atoms with van der Waals surface area (Å²) in [4.78, 5) is 32.3. The van der Waals surface area contributed by atoms with Crippen LogP contribution in [0.3, 0.4) is 0 Å². The van der Waals surface area contributed by atoms with Crippen molar-refractivity contribution in [2.24, 2.45) is 0 Å². The maximum Gasteiger partial charge on any atom is 0.230 e. The van der Waals surface area contributed by atoms with Gasteiger partial charge in [0.25, 0.3) is 0 Å². The van der Waals surface area contributed by atoms with Gasteiger partial charge in [-0.3, -0.25) is 14.5 Å². The maximum absolute atomic E-state index is 10.7. The molecule has 10 heavy (non-hydrogen) atoms. The van der Waals surface area contributed by atoms with Crippen LogP contribution in [-0.2, 0) is 14.4 Å². The molecular weight excluding hydrogens is 134 g/mol. The van der Waals surface area contributed by atoms with E-state index in [1.165, 1.54) is 0 Å². The minimum atomic E-state index is -0.239. The van der Waals surface area contributed by atoms with Crippen molar-refractivity contribution < 1.29 is 14.4 Å². The highest BCUT2D eigenvalue weighted by Crippen LogP contribution is 2.09. The Morgan fingerprint density at radius 1 is 1.30 bits per heavy atom. The van der Waals surface area contributed by atoms with Crippen molar-refractivity contribution in [2.75, 3.05) is 6.54 Å². The summed E-state index contributed by atoms with van der Waals surface area (Å²) in [6.45, 7) is -0.0856. The quantitative estimate of drug-likeness (QED) is 0.378. The van der Waals surface area contributed by atoms with E-state index < -0.39 is 0 Å². The molecule has 0 radical (unpaired) electrons. The second-order valence-electron chi connectivity index (χ2n) is 2.06. The molecule has 54 valence electrons. The molecule has 0 aromatic heterocycles. The number of rotatable bonds is 2. The molecule has 0 aliphatic carbocycles. The minimum absolute atomic E-state index is 0.0856. The first-order chi connectivity index (χ1) is 4.75. The molecule has 1 fully saturated rings. The molecule has 1 saturated heterocycles. The third-order valence-electron chi connectivity index (χ3n) is 1.41. The van der Waals surface area contributed by atoms with Crippen molar-refractivity contribution in [3.63, 3.8) is 0 Å². The molecule has 0 aromatic carbocycles. The van der Waals surface area contributed by atoms with Crippen LogP contribution in [0.25, 0.3) is 0 Å². The van der Waals surface area contributed by atoms with Crippen LogP contribution < -0.4 is 0 Å². The first kappa shape index (κ1) is 6.92. The molecule has 1 aliphatic heterocycles. The lowest BCUT2D eigenvalue weighted by Gasteiger charge is -2.07. The largest absolute Gasteiger partial charge is 0.301 e. The summed E-state index contributed by atoms with van der Waals surface area (Å²) in [5.41, 5.74) is 0. The highest BCUT2D eigenvalue weighted by Gasteiger charge is 2.27. The van der Waals surface area contributed by atoms with Gasteiger partial charge in [-0.15, -0.1) is 0 Å². The predicted octanol–water partition coefficient (Wildman–Crippen LogP) is -0.666. The number of carbonyl (C=O) groups is 3. The Balaban J connectivity index is 2.62. The fourth-order valence-corrected chi connectivity index (χ4v) is 0.901. The van der Waals surface area contributed by atoms with Gasteiger partial charge in [0.2, 0.25) is 11.8 Å². The second kappa shape index (κ2) is 2.60. The summed E-state index contributed by atoms with van der Waals surface area (Å²) in [5.74, 6) is -0.478. The Kier molecular flexibility index (Phi) is 1.80. The molecule has 1 rings (SSSR count). The van der Waals surface area contributed by atoms with Crippen LogP contribution in [0.2, 0.25) is 0 Å². The van der Waals surface area contributed by atoms with E-state index in [0.717, 1.165) is 4.90 Å². The molecule has 0 aromatic rings. The van der Waals surface area contributed by atoms with Crippen molar-refractivity contribution in [1.29, 1.82) is 0 Å². The fourth-order valence-electron chi connectivity index (χ4n) is 0.901. The number of amides is 2. The van der Waals surface area contributed by atoms with E-state index in [4.69, 9.17) is 0 Å². The smallest absolute Gasteiger partial charge is 0.230 e. The van der Waals surface area contributed by atoms with Crippen molar-refractivity contribution in [1.82, 2.24) is 4.90 Å². The Morgan fingerprint density at radius 3 is 2.20 bits per heavy atom. The number of hydrogen-bond acceptors (Lipinski definition) is 3. The zero-order valence-corrected chi connectivity index (χ0v) is 5.37.